The Labute approximate surface area is 85.2 Å². The van der Waals surface area contributed by atoms with Gasteiger partial charge in [0.2, 0.25) is 5.91 Å². The lowest BCUT2D eigenvalue weighted by molar-refractivity contribution is -0.121. The van der Waals surface area contributed by atoms with Crippen LogP contribution in [0.3, 0.4) is 0 Å². The van der Waals surface area contributed by atoms with Gasteiger partial charge in [-0.2, -0.15) is 0 Å². The highest BCUT2D eigenvalue weighted by Gasteiger charge is 2.23. The van der Waals surface area contributed by atoms with Crippen molar-refractivity contribution in [3.63, 3.8) is 0 Å². The van der Waals surface area contributed by atoms with Crippen LogP contribution in [-0.2, 0) is 9.53 Å². The van der Waals surface area contributed by atoms with Crippen LogP contribution in [0.15, 0.2) is 0 Å². The van der Waals surface area contributed by atoms with Gasteiger partial charge >= 0.3 is 0 Å². The summed E-state index contributed by atoms with van der Waals surface area (Å²) in [5, 5.41) is 2.87. The van der Waals surface area contributed by atoms with Crippen LogP contribution in [0.5, 0.6) is 0 Å². The summed E-state index contributed by atoms with van der Waals surface area (Å²) < 4.78 is 4.90. The van der Waals surface area contributed by atoms with Crippen molar-refractivity contribution < 1.29 is 9.53 Å². The van der Waals surface area contributed by atoms with Crippen molar-refractivity contribution >= 4 is 5.91 Å². The van der Waals surface area contributed by atoms with E-state index < -0.39 is 0 Å². The van der Waals surface area contributed by atoms with Crippen LogP contribution in [0.25, 0.3) is 0 Å². The Kier molecular flexibility index (Phi) is 4.90. The summed E-state index contributed by atoms with van der Waals surface area (Å²) in [7, 11) is 1.63. The van der Waals surface area contributed by atoms with E-state index in [0.29, 0.717) is 25.5 Å². The number of amides is 1. The molecular formula is C10H20N2O2. The van der Waals surface area contributed by atoms with Gasteiger partial charge in [0.15, 0.2) is 0 Å². The maximum absolute atomic E-state index is 11.2. The van der Waals surface area contributed by atoms with Crippen molar-refractivity contribution in [1.82, 2.24) is 5.32 Å². The zero-order valence-corrected chi connectivity index (χ0v) is 8.79. The SMILES string of the molecule is COCC(N)CCNC(=O)CC1CC1. The molecule has 0 spiro atoms. The molecule has 1 aliphatic rings. The summed E-state index contributed by atoms with van der Waals surface area (Å²) in [6.45, 7) is 1.22. The molecule has 1 aliphatic carbocycles. The van der Waals surface area contributed by atoms with Crippen LogP contribution in [0.4, 0.5) is 0 Å². The fraction of sp³-hybridized carbons (Fsp3) is 0.900. The molecule has 1 rings (SSSR count). The molecule has 1 saturated carbocycles. The lowest BCUT2D eigenvalue weighted by Gasteiger charge is -2.10. The highest BCUT2D eigenvalue weighted by Crippen LogP contribution is 2.31. The number of nitrogens with one attached hydrogen (secondary N) is 1. The van der Waals surface area contributed by atoms with Gasteiger partial charge in [-0.05, 0) is 25.2 Å². The van der Waals surface area contributed by atoms with Crippen molar-refractivity contribution in [2.45, 2.75) is 31.7 Å². The molecule has 0 heterocycles. The van der Waals surface area contributed by atoms with Crippen molar-refractivity contribution in [3.05, 3.63) is 0 Å². The average Bonchev–Trinajstić information content (AvgIpc) is 2.88. The molecule has 0 aromatic heterocycles. The number of hydrogen-bond donors (Lipinski definition) is 2. The molecule has 4 nitrogen and oxygen atoms in total. The lowest BCUT2D eigenvalue weighted by Crippen LogP contribution is -2.32. The number of rotatable bonds is 7. The maximum atomic E-state index is 11.2. The monoisotopic (exact) mass is 200 g/mol. The first-order valence-electron chi connectivity index (χ1n) is 5.23. The third-order valence-electron chi connectivity index (χ3n) is 2.39. The molecule has 1 atom stereocenters. The minimum atomic E-state index is 0.0289. The normalized spacial score (nSPS) is 17.9. The van der Waals surface area contributed by atoms with E-state index in [1.54, 1.807) is 7.11 Å². The van der Waals surface area contributed by atoms with Crippen LogP contribution in [-0.4, -0.2) is 32.2 Å². The summed E-state index contributed by atoms with van der Waals surface area (Å²) in [5.41, 5.74) is 5.71. The minimum absolute atomic E-state index is 0.0289. The Morgan fingerprint density at radius 2 is 2.36 bits per heavy atom. The number of carbonyl (C=O) groups is 1. The lowest BCUT2D eigenvalue weighted by atomic mass is 10.2. The molecule has 0 radical (unpaired) electrons. The Bertz CT molecular complexity index is 181. The van der Waals surface area contributed by atoms with Gasteiger partial charge in [0, 0.05) is 26.1 Å². The zero-order chi connectivity index (χ0) is 10.4. The number of ether oxygens (including phenoxy) is 1. The highest BCUT2D eigenvalue weighted by molar-refractivity contribution is 5.76. The van der Waals surface area contributed by atoms with E-state index in [4.69, 9.17) is 10.5 Å². The number of hydrogen-bond acceptors (Lipinski definition) is 3. The molecule has 14 heavy (non-hydrogen) atoms. The van der Waals surface area contributed by atoms with Crippen LogP contribution in [0, 0.1) is 5.92 Å². The number of nitrogens with two attached hydrogens (primary N) is 1. The second-order valence-corrected chi connectivity index (χ2v) is 4.00. The predicted octanol–water partition coefficient (Wildman–Crippen LogP) is 0.267. The summed E-state index contributed by atoms with van der Waals surface area (Å²) >= 11 is 0. The van der Waals surface area contributed by atoms with E-state index in [9.17, 15) is 4.79 Å². The average molecular weight is 200 g/mol. The molecule has 3 N–H and O–H groups in total. The molecule has 0 aromatic rings. The zero-order valence-electron chi connectivity index (χ0n) is 8.79. The van der Waals surface area contributed by atoms with Gasteiger partial charge in [0.05, 0.1) is 6.61 Å². The van der Waals surface area contributed by atoms with Crippen LogP contribution >= 0.6 is 0 Å². The highest BCUT2D eigenvalue weighted by atomic mass is 16.5. The van der Waals surface area contributed by atoms with Gasteiger partial charge in [-0.15, -0.1) is 0 Å². The first-order valence-corrected chi connectivity index (χ1v) is 5.23. The van der Waals surface area contributed by atoms with E-state index in [1.165, 1.54) is 12.8 Å². The molecule has 0 aromatic carbocycles. The largest absolute Gasteiger partial charge is 0.383 e. The summed E-state index contributed by atoms with van der Waals surface area (Å²) in [5.74, 6) is 0.819. The molecule has 1 fully saturated rings. The van der Waals surface area contributed by atoms with Crippen molar-refractivity contribution in [2.75, 3.05) is 20.3 Å². The standard InChI is InChI=1S/C10H20N2O2/c1-14-7-9(11)4-5-12-10(13)6-8-2-3-8/h8-9H,2-7,11H2,1H3,(H,12,13). The first kappa shape index (κ1) is 11.5. The molecular weight excluding hydrogens is 180 g/mol. The van der Waals surface area contributed by atoms with E-state index in [0.717, 1.165) is 6.42 Å². The smallest absolute Gasteiger partial charge is 0.220 e. The molecule has 4 heteroatoms. The fourth-order valence-corrected chi connectivity index (χ4v) is 1.35. The van der Waals surface area contributed by atoms with Crippen molar-refractivity contribution in [2.24, 2.45) is 11.7 Å². The Balaban J connectivity index is 1.93. The summed E-state index contributed by atoms with van der Waals surface area (Å²) in [6.07, 6.45) is 3.91. The number of methoxy groups -OCH3 is 1. The Morgan fingerprint density at radius 1 is 1.64 bits per heavy atom. The molecule has 0 aliphatic heterocycles. The molecule has 0 saturated heterocycles. The summed E-state index contributed by atoms with van der Waals surface area (Å²) in [6, 6.07) is 0.0289. The van der Waals surface area contributed by atoms with E-state index >= 15 is 0 Å². The number of carbonyl (C=O) groups excluding carboxylic acids is 1. The second kappa shape index (κ2) is 5.98. The van der Waals surface area contributed by atoms with Gasteiger partial charge in [-0.3, -0.25) is 4.79 Å². The van der Waals surface area contributed by atoms with Gasteiger partial charge in [-0.25, -0.2) is 0 Å². The fourth-order valence-electron chi connectivity index (χ4n) is 1.35. The van der Waals surface area contributed by atoms with Crippen molar-refractivity contribution in [1.29, 1.82) is 0 Å². The molecule has 0 bridgehead atoms. The third kappa shape index (κ3) is 5.19. The topological polar surface area (TPSA) is 64.3 Å². The van der Waals surface area contributed by atoms with Crippen LogP contribution in [0.1, 0.15) is 25.7 Å². The molecule has 1 amide bonds. The van der Waals surface area contributed by atoms with Crippen LogP contribution < -0.4 is 11.1 Å². The Hall–Kier alpha value is -0.610. The summed E-state index contributed by atoms with van der Waals surface area (Å²) in [4.78, 5) is 11.2. The van der Waals surface area contributed by atoms with Gasteiger partial charge < -0.3 is 15.8 Å². The minimum Gasteiger partial charge on any atom is -0.383 e. The second-order valence-electron chi connectivity index (χ2n) is 4.00. The van der Waals surface area contributed by atoms with Gasteiger partial charge in [0.25, 0.3) is 0 Å². The maximum Gasteiger partial charge on any atom is 0.220 e. The van der Waals surface area contributed by atoms with Crippen molar-refractivity contribution in [3.8, 4) is 0 Å². The van der Waals surface area contributed by atoms with E-state index in [2.05, 4.69) is 5.32 Å². The van der Waals surface area contributed by atoms with Gasteiger partial charge in [0.1, 0.15) is 0 Å². The first-order chi connectivity index (χ1) is 6.72. The predicted molar refractivity (Wildman–Crippen MR) is 54.8 cm³/mol. The Morgan fingerprint density at radius 3 is 2.93 bits per heavy atom. The molecule has 82 valence electrons. The quantitative estimate of drug-likeness (QED) is 0.620. The third-order valence-corrected chi connectivity index (χ3v) is 2.39. The van der Waals surface area contributed by atoms with Gasteiger partial charge in [-0.1, -0.05) is 0 Å². The van der Waals surface area contributed by atoms with E-state index in [-0.39, 0.29) is 11.9 Å². The molecule has 1 unspecified atom stereocenters. The van der Waals surface area contributed by atoms with Crippen LogP contribution in [0.2, 0.25) is 0 Å². The van der Waals surface area contributed by atoms with E-state index in [1.807, 2.05) is 0 Å².